The third-order valence-electron chi connectivity index (χ3n) is 6.31. The molecule has 0 heterocycles. The predicted molar refractivity (Wildman–Crippen MR) is 139 cm³/mol. The van der Waals surface area contributed by atoms with Crippen molar-refractivity contribution in [1.82, 2.24) is 10.6 Å². The maximum Gasteiger partial charge on any atom is 0.407 e. The number of ether oxygens (including phenoxy) is 1. The molecule has 0 saturated heterocycles. The monoisotopic (exact) mass is 494 g/mol. The topological polar surface area (TPSA) is 108 Å². The minimum absolute atomic E-state index is 0.107. The summed E-state index contributed by atoms with van der Waals surface area (Å²) in [6.07, 6.45) is 0.594. The van der Waals surface area contributed by atoms with E-state index in [2.05, 4.69) is 17.2 Å². The number of hydrogen-bond acceptors (Lipinski definition) is 5. The summed E-state index contributed by atoms with van der Waals surface area (Å²) in [7, 11) is 0. The maximum absolute atomic E-state index is 13.3. The number of benzene rings is 2. The van der Waals surface area contributed by atoms with Crippen molar-refractivity contribution >= 4 is 12.0 Å². The lowest BCUT2D eigenvalue weighted by Gasteiger charge is -2.29. The number of allylic oxidation sites excluding steroid dienone is 1. The smallest absolute Gasteiger partial charge is 0.407 e. The quantitative estimate of drug-likeness (QED) is 0.376. The Labute approximate surface area is 213 Å². The van der Waals surface area contributed by atoms with E-state index in [0.717, 1.165) is 16.7 Å². The molecule has 2 amide bonds. The van der Waals surface area contributed by atoms with E-state index >= 15 is 0 Å². The van der Waals surface area contributed by atoms with Crippen LogP contribution < -0.4 is 10.6 Å². The first kappa shape index (κ1) is 27.4. The third kappa shape index (κ3) is 7.67. The largest absolute Gasteiger partial charge is 0.444 e. The Morgan fingerprint density at radius 3 is 2.47 bits per heavy atom. The van der Waals surface area contributed by atoms with Gasteiger partial charge in [0.25, 0.3) is 0 Å². The molecular weight excluding hydrogens is 456 g/mol. The summed E-state index contributed by atoms with van der Waals surface area (Å²) in [5, 5.41) is 27.5. The molecule has 36 heavy (non-hydrogen) atoms. The van der Waals surface area contributed by atoms with Gasteiger partial charge in [0.1, 0.15) is 5.60 Å². The molecule has 0 saturated carbocycles. The molecule has 0 fully saturated rings. The van der Waals surface area contributed by atoms with Crippen LogP contribution in [-0.2, 0) is 22.4 Å². The number of amides is 2. The van der Waals surface area contributed by atoms with E-state index in [9.17, 15) is 19.8 Å². The Bertz CT molecular complexity index is 1030. The van der Waals surface area contributed by atoms with Gasteiger partial charge in [0, 0.05) is 12.3 Å². The lowest BCUT2D eigenvalue weighted by Crippen LogP contribution is -2.48. The molecule has 4 N–H and O–H groups in total. The first-order valence-electron chi connectivity index (χ1n) is 12.5. The highest BCUT2D eigenvalue weighted by Gasteiger charge is 2.35. The van der Waals surface area contributed by atoms with Crippen LogP contribution in [0.15, 0.2) is 67.3 Å². The molecule has 194 valence electrons. The van der Waals surface area contributed by atoms with Crippen LogP contribution in [0.2, 0.25) is 0 Å². The van der Waals surface area contributed by atoms with E-state index < -0.39 is 41.9 Å². The first-order chi connectivity index (χ1) is 17.1. The Kier molecular flexibility index (Phi) is 9.29. The Morgan fingerprint density at radius 2 is 1.81 bits per heavy atom. The van der Waals surface area contributed by atoms with Crippen molar-refractivity contribution in [2.75, 3.05) is 0 Å². The van der Waals surface area contributed by atoms with Gasteiger partial charge in [-0.05, 0) is 56.7 Å². The lowest BCUT2D eigenvalue weighted by molar-refractivity contribution is -0.127. The van der Waals surface area contributed by atoms with E-state index in [1.807, 2.05) is 54.6 Å². The zero-order valence-corrected chi connectivity index (χ0v) is 21.3. The molecule has 5 atom stereocenters. The van der Waals surface area contributed by atoms with Crippen LogP contribution in [0.5, 0.6) is 0 Å². The van der Waals surface area contributed by atoms with Gasteiger partial charge in [0.05, 0.1) is 24.3 Å². The van der Waals surface area contributed by atoms with Crippen LogP contribution >= 0.6 is 0 Å². The number of rotatable bonds is 10. The third-order valence-corrected chi connectivity index (χ3v) is 6.31. The fourth-order valence-corrected chi connectivity index (χ4v) is 4.60. The second-order valence-corrected chi connectivity index (χ2v) is 10.4. The van der Waals surface area contributed by atoms with E-state index in [-0.39, 0.29) is 12.3 Å². The molecule has 2 aromatic rings. The first-order valence-corrected chi connectivity index (χ1v) is 12.5. The fraction of sp³-hybridized carbons (Fsp3) is 0.448. The summed E-state index contributed by atoms with van der Waals surface area (Å²) in [6, 6.07) is 16.0. The molecule has 0 radical (unpaired) electrons. The number of aliphatic hydroxyl groups is 2. The maximum atomic E-state index is 13.3. The normalized spacial score (nSPS) is 19.5. The van der Waals surface area contributed by atoms with Crippen molar-refractivity contribution < 1.29 is 24.5 Å². The zero-order chi connectivity index (χ0) is 26.3. The minimum Gasteiger partial charge on any atom is -0.444 e. The summed E-state index contributed by atoms with van der Waals surface area (Å²) >= 11 is 0. The SMILES string of the molecule is C=CC[C@H](C[C@H](O)[C@H](Cc1ccccc1)NC(=O)OC(C)(C)C)C(=O)NC1c2ccccc2C[C@@H]1O. The van der Waals surface area contributed by atoms with Crippen LogP contribution in [0.25, 0.3) is 0 Å². The highest BCUT2D eigenvalue weighted by atomic mass is 16.6. The average Bonchev–Trinajstić information content (AvgIpc) is 3.12. The Balaban J connectivity index is 1.73. The van der Waals surface area contributed by atoms with Crippen LogP contribution in [-0.4, -0.2) is 46.1 Å². The van der Waals surface area contributed by atoms with Crippen LogP contribution in [0.4, 0.5) is 4.79 Å². The van der Waals surface area contributed by atoms with Crippen molar-refractivity contribution in [3.8, 4) is 0 Å². The van der Waals surface area contributed by atoms with E-state index in [4.69, 9.17) is 4.74 Å². The van der Waals surface area contributed by atoms with Crippen LogP contribution in [0, 0.1) is 5.92 Å². The van der Waals surface area contributed by atoms with Crippen molar-refractivity contribution in [3.05, 3.63) is 83.9 Å². The molecule has 7 nitrogen and oxygen atoms in total. The molecule has 0 aromatic heterocycles. The van der Waals surface area contributed by atoms with E-state index in [0.29, 0.717) is 19.3 Å². The van der Waals surface area contributed by atoms with E-state index in [1.54, 1.807) is 26.8 Å². The number of hydrogen-bond donors (Lipinski definition) is 4. The molecule has 0 bridgehead atoms. The minimum atomic E-state index is -1.02. The summed E-state index contributed by atoms with van der Waals surface area (Å²) in [5.74, 6) is -0.860. The lowest BCUT2D eigenvalue weighted by atomic mass is 9.90. The zero-order valence-electron chi connectivity index (χ0n) is 21.3. The number of alkyl carbamates (subject to hydrolysis) is 1. The Morgan fingerprint density at radius 1 is 1.14 bits per heavy atom. The highest BCUT2D eigenvalue weighted by molar-refractivity contribution is 5.79. The van der Waals surface area contributed by atoms with Gasteiger partial charge in [-0.25, -0.2) is 4.79 Å². The van der Waals surface area contributed by atoms with Gasteiger partial charge in [-0.1, -0.05) is 60.7 Å². The van der Waals surface area contributed by atoms with Crippen molar-refractivity contribution in [1.29, 1.82) is 0 Å². The van der Waals surface area contributed by atoms with Gasteiger partial charge in [-0.15, -0.1) is 6.58 Å². The van der Waals surface area contributed by atoms with Gasteiger partial charge in [0.15, 0.2) is 0 Å². The molecule has 1 unspecified atom stereocenters. The van der Waals surface area contributed by atoms with Crippen molar-refractivity contribution in [3.63, 3.8) is 0 Å². The van der Waals surface area contributed by atoms with Gasteiger partial charge >= 0.3 is 6.09 Å². The number of fused-ring (bicyclic) bond motifs is 1. The van der Waals surface area contributed by atoms with Gasteiger partial charge < -0.3 is 25.6 Å². The van der Waals surface area contributed by atoms with Crippen molar-refractivity contribution in [2.24, 2.45) is 5.92 Å². The number of aliphatic hydroxyl groups excluding tert-OH is 2. The molecule has 3 rings (SSSR count). The van der Waals surface area contributed by atoms with Gasteiger partial charge in [-0.2, -0.15) is 0 Å². The van der Waals surface area contributed by atoms with Gasteiger partial charge in [0.2, 0.25) is 5.91 Å². The summed E-state index contributed by atoms with van der Waals surface area (Å²) in [5.41, 5.74) is 2.17. The number of nitrogens with one attached hydrogen (secondary N) is 2. The summed E-state index contributed by atoms with van der Waals surface area (Å²) < 4.78 is 5.41. The molecular formula is C29H38N2O5. The molecule has 1 aliphatic carbocycles. The highest BCUT2D eigenvalue weighted by Crippen LogP contribution is 2.32. The average molecular weight is 495 g/mol. The molecule has 2 aromatic carbocycles. The molecule has 0 spiro atoms. The van der Waals surface area contributed by atoms with Crippen LogP contribution in [0.3, 0.4) is 0 Å². The van der Waals surface area contributed by atoms with E-state index in [1.165, 1.54) is 0 Å². The molecule has 1 aliphatic rings. The number of carbonyl (C=O) groups excluding carboxylic acids is 2. The molecule has 7 heteroatoms. The second kappa shape index (κ2) is 12.2. The molecule has 0 aliphatic heterocycles. The summed E-state index contributed by atoms with van der Waals surface area (Å²) in [4.78, 5) is 25.8. The standard InChI is InChI=1S/C29H38N2O5/c1-5-11-21(27(34)31-26-22-15-10-9-14-20(22)17-25(26)33)18-24(32)23(16-19-12-7-6-8-13-19)30-28(35)36-29(2,3)4/h5-10,12-15,21,23-26,32-33H,1,11,16-18H2,2-4H3,(H,30,35)(H,31,34)/t21-,23+,24+,25+,26?/m1/s1. The second-order valence-electron chi connectivity index (χ2n) is 10.4. The van der Waals surface area contributed by atoms with Crippen LogP contribution in [0.1, 0.15) is 56.3 Å². The number of carbonyl (C=O) groups is 2. The van der Waals surface area contributed by atoms with Crippen molar-refractivity contribution in [2.45, 2.75) is 76.3 Å². The summed E-state index contributed by atoms with van der Waals surface area (Å²) in [6.45, 7) is 9.09. The van der Waals surface area contributed by atoms with Gasteiger partial charge in [-0.3, -0.25) is 4.79 Å². The predicted octanol–water partition coefficient (Wildman–Crippen LogP) is 3.84. The Hall–Kier alpha value is -3.16. The fourth-order valence-electron chi connectivity index (χ4n) is 4.60.